The number of ether oxygens (including phenoxy) is 1. The quantitative estimate of drug-likeness (QED) is 0.476. The largest absolute Gasteiger partial charge is 0.468 e. The number of aryl methyl sites for hydroxylation is 1. The van der Waals surface area contributed by atoms with Gasteiger partial charge in [-0.1, -0.05) is 46.3 Å². The van der Waals surface area contributed by atoms with Crippen molar-refractivity contribution in [2.75, 3.05) is 20.2 Å². The zero-order chi connectivity index (χ0) is 12.5. The molecule has 0 bridgehead atoms. The van der Waals surface area contributed by atoms with Gasteiger partial charge in [0.05, 0.1) is 7.11 Å². The molecule has 0 amide bonds. The molecular weight excluding hydrogens is 282 g/mol. The standard InChI is InChI=1S/C13H18BrNO2/c1-17-13(16)12(14)10-15-9-5-8-11-6-3-2-4-7-11/h2-4,6-7,12,15H,5,8-10H2,1H3. The Bertz CT molecular complexity index is 329. The molecule has 0 aromatic heterocycles. The number of benzene rings is 1. The Labute approximate surface area is 111 Å². The van der Waals surface area contributed by atoms with Crippen LogP contribution in [-0.2, 0) is 16.0 Å². The normalized spacial score (nSPS) is 12.1. The van der Waals surface area contributed by atoms with Gasteiger partial charge in [-0.15, -0.1) is 0 Å². The van der Waals surface area contributed by atoms with Gasteiger partial charge in [-0.05, 0) is 24.9 Å². The van der Waals surface area contributed by atoms with Crippen LogP contribution in [0.3, 0.4) is 0 Å². The fourth-order valence-corrected chi connectivity index (χ4v) is 1.92. The van der Waals surface area contributed by atoms with Crippen LogP contribution in [0.4, 0.5) is 0 Å². The van der Waals surface area contributed by atoms with Crippen LogP contribution < -0.4 is 5.32 Å². The monoisotopic (exact) mass is 299 g/mol. The summed E-state index contributed by atoms with van der Waals surface area (Å²) in [4.78, 5) is 10.8. The Balaban J connectivity index is 2.07. The van der Waals surface area contributed by atoms with Gasteiger partial charge in [0.2, 0.25) is 0 Å². The number of carbonyl (C=O) groups is 1. The second kappa shape index (κ2) is 8.25. The van der Waals surface area contributed by atoms with Crippen molar-refractivity contribution in [3.05, 3.63) is 35.9 Å². The smallest absolute Gasteiger partial charge is 0.320 e. The Morgan fingerprint density at radius 1 is 1.41 bits per heavy atom. The van der Waals surface area contributed by atoms with Gasteiger partial charge >= 0.3 is 5.97 Å². The molecule has 0 saturated heterocycles. The molecule has 0 aliphatic carbocycles. The number of hydrogen-bond donors (Lipinski definition) is 1. The van der Waals surface area contributed by atoms with Crippen LogP contribution in [-0.4, -0.2) is 31.0 Å². The molecule has 4 heteroatoms. The number of alkyl halides is 1. The van der Waals surface area contributed by atoms with E-state index in [1.165, 1.54) is 12.7 Å². The lowest BCUT2D eigenvalue weighted by Gasteiger charge is -2.08. The molecule has 0 heterocycles. The summed E-state index contributed by atoms with van der Waals surface area (Å²) in [6, 6.07) is 10.4. The Kier molecular flexibility index (Phi) is 6.89. The molecule has 3 nitrogen and oxygen atoms in total. The molecular formula is C13H18BrNO2. The highest BCUT2D eigenvalue weighted by atomic mass is 79.9. The van der Waals surface area contributed by atoms with Crippen LogP contribution in [0.15, 0.2) is 30.3 Å². The van der Waals surface area contributed by atoms with Crippen molar-refractivity contribution in [2.45, 2.75) is 17.7 Å². The third-order valence-corrected chi connectivity index (χ3v) is 3.14. The van der Waals surface area contributed by atoms with Crippen LogP contribution in [0, 0.1) is 0 Å². The van der Waals surface area contributed by atoms with Crippen LogP contribution in [0.1, 0.15) is 12.0 Å². The van der Waals surface area contributed by atoms with Crippen molar-refractivity contribution >= 4 is 21.9 Å². The molecule has 0 fully saturated rings. The molecule has 1 unspecified atom stereocenters. The van der Waals surface area contributed by atoms with E-state index >= 15 is 0 Å². The lowest BCUT2D eigenvalue weighted by molar-refractivity contribution is -0.139. The van der Waals surface area contributed by atoms with Crippen LogP contribution in [0.5, 0.6) is 0 Å². The second-order valence-corrected chi connectivity index (χ2v) is 4.89. The summed E-state index contributed by atoms with van der Waals surface area (Å²) in [5, 5.41) is 3.22. The first-order valence-electron chi connectivity index (χ1n) is 5.70. The predicted molar refractivity (Wildman–Crippen MR) is 72.4 cm³/mol. The van der Waals surface area contributed by atoms with E-state index in [4.69, 9.17) is 0 Å². The predicted octanol–water partition coefficient (Wildman–Crippen LogP) is 2.15. The van der Waals surface area contributed by atoms with Crippen molar-refractivity contribution in [3.63, 3.8) is 0 Å². The number of hydrogen-bond acceptors (Lipinski definition) is 3. The summed E-state index contributed by atoms with van der Waals surface area (Å²) in [5.74, 6) is -0.236. The molecule has 1 N–H and O–H groups in total. The highest BCUT2D eigenvalue weighted by Crippen LogP contribution is 2.02. The van der Waals surface area contributed by atoms with Gasteiger partial charge in [0.1, 0.15) is 4.83 Å². The van der Waals surface area contributed by atoms with E-state index in [1.54, 1.807) is 0 Å². The molecule has 1 aromatic carbocycles. The minimum Gasteiger partial charge on any atom is -0.468 e. The summed E-state index contributed by atoms with van der Waals surface area (Å²) in [5.41, 5.74) is 1.35. The fourth-order valence-electron chi connectivity index (χ4n) is 1.50. The van der Waals surface area contributed by atoms with E-state index in [2.05, 4.69) is 50.2 Å². The highest BCUT2D eigenvalue weighted by Gasteiger charge is 2.13. The molecule has 1 aromatic rings. The van der Waals surface area contributed by atoms with Gasteiger partial charge in [-0.25, -0.2) is 0 Å². The first kappa shape index (κ1) is 14.2. The lowest BCUT2D eigenvalue weighted by atomic mass is 10.1. The summed E-state index contributed by atoms with van der Waals surface area (Å²) in [7, 11) is 1.39. The van der Waals surface area contributed by atoms with Crippen LogP contribution in [0.2, 0.25) is 0 Å². The average Bonchev–Trinajstić information content (AvgIpc) is 2.38. The van der Waals surface area contributed by atoms with E-state index in [1.807, 2.05) is 6.07 Å². The number of carbonyl (C=O) groups excluding carboxylic acids is 1. The van der Waals surface area contributed by atoms with Crippen molar-refractivity contribution < 1.29 is 9.53 Å². The lowest BCUT2D eigenvalue weighted by Crippen LogP contribution is -2.30. The third kappa shape index (κ3) is 5.84. The molecule has 94 valence electrons. The maximum atomic E-state index is 11.1. The van der Waals surface area contributed by atoms with Crippen LogP contribution >= 0.6 is 15.9 Å². The third-order valence-electron chi connectivity index (χ3n) is 2.44. The molecule has 1 atom stereocenters. The topological polar surface area (TPSA) is 38.3 Å². The van der Waals surface area contributed by atoms with Crippen LogP contribution in [0.25, 0.3) is 0 Å². The number of esters is 1. The number of methoxy groups -OCH3 is 1. The Morgan fingerprint density at radius 2 is 2.12 bits per heavy atom. The Hall–Kier alpha value is -0.870. The number of rotatable bonds is 7. The zero-order valence-corrected chi connectivity index (χ0v) is 11.6. The van der Waals surface area contributed by atoms with Crippen molar-refractivity contribution in [1.29, 1.82) is 0 Å². The van der Waals surface area contributed by atoms with Gasteiger partial charge in [0.15, 0.2) is 0 Å². The summed E-state index contributed by atoms with van der Waals surface area (Å²) >= 11 is 3.26. The molecule has 17 heavy (non-hydrogen) atoms. The SMILES string of the molecule is COC(=O)C(Br)CNCCCc1ccccc1. The minimum atomic E-state index is -0.260. The first-order valence-corrected chi connectivity index (χ1v) is 6.62. The molecule has 0 aliphatic rings. The van der Waals surface area contributed by atoms with E-state index in [0.29, 0.717) is 6.54 Å². The molecule has 0 radical (unpaired) electrons. The maximum absolute atomic E-state index is 11.1. The van der Waals surface area contributed by atoms with E-state index in [-0.39, 0.29) is 10.8 Å². The minimum absolute atomic E-state index is 0.236. The Morgan fingerprint density at radius 3 is 2.76 bits per heavy atom. The van der Waals surface area contributed by atoms with Gasteiger partial charge in [-0.3, -0.25) is 4.79 Å². The molecule has 1 rings (SSSR count). The van der Waals surface area contributed by atoms with Gasteiger partial charge in [0.25, 0.3) is 0 Å². The van der Waals surface area contributed by atoms with Gasteiger partial charge in [-0.2, -0.15) is 0 Å². The van der Waals surface area contributed by atoms with Crippen molar-refractivity contribution in [3.8, 4) is 0 Å². The van der Waals surface area contributed by atoms with Crippen molar-refractivity contribution in [2.24, 2.45) is 0 Å². The first-order chi connectivity index (χ1) is 8.24. The molecule has 0 spiro atoms. The van der Waals surface area contributed by atoms with E-state index < -0.39 is 0 Å². The zero-order valence-electron chi connectivity index (χ0n) is 9.99. The molecule has 0 aliphatic heterocycles. The maximum Gasteiger partial charge on any atom is 0.320 e. The second-order valence-electron chi connectivity index (χ2n) is 3.78. The average molecular weight is 300 g/mol. The van der Waals surface area contributed by atoms with E-state index in [0.717, 1.165) is 19.4 Å². The summed E-state index contributed by atoms with van der Waals surface area (Å²) in [6.07, 6.45) is 2.12. The summed E-state index contributed by atoms with van der Waals surface area (Å²) in [6.45, 7) is 1.50. The van der Waals surface area contributed by atoms with Gasteiger partial charge in [0, 0.05) is 6.54 Å². The highest BCUT2D eigenvalue weighted by molar-refractivity contribution is 9.10. The molecule has 0 saturated carbocycles. The fraction of sp³-hybridized carbons (Fsp3) is 0.462. The van der Waals surface area contributed by atoms with Gasteiger partial charge < -0.3 is 10.1 Å². The summed E-state index contributed by atoms with van der Waals surface area (Å²) < 4.78 is 4.61. The van der Waals surface area contributed by atoms with E-state index in [9.17, 15) is 4.79 Å². The number of nitrogens with one attached hydrogen (secondary N) is 1. The number of halogens is 1. The van der Waals surface area contributed by atoms with Crippen molar-refractivity contribution in [1.82, 2.24) is 5.32 Å².